The molecule has 0 aliphatic rings. The first-order valence-corrected chi connectivity index (χ1v) is 9.72. The number of unbranched alkanes of at least 4 members (excludes halogenated alkanes) is 5. The Hall–Kier alpha value is -1.14. The molecule has 0 rings (SSSR count). The first kappa shape index (κ1) is 24.9. The number of carbonyl (C=O) groups is 2. The fraction of sp³-hybridized carbons (Fsp3) is 0.900. The van der Waals surface area contributed by atoms with Crippen molar-refractivity contribution in [1.29, 1.82) is 0 Å². The smallest absolute Gasteiger partial charge is 0.298 e. The lowest BCUT2D eigenvalue weighted by molar-refractivity contribution is -0.327. The molecule has 0 saturated carbocycles. The second-order valence-corrected chi connectivity index (χ2v) is 8.71. The van der Waals surface area contributed by atoms with Gasteiger partial charge in [0.15, 0.2) is 0 Å². The van der Waals surface area contributed by atoms with Gasteiger partial charge in [-0.3, -0.25) is 9.78 Å². The average Bonchev–Trinajstić information content (AvgIpc) is 2.51. The van der Waals surface area contributed by atoms with Crippen molar-refractivity contribution in [2.24, 2.45) is 5.92 Å². The molecule has 0 fully saturated rings. The third-order valence-corrected chi connectivity index (χ3v) is 3.41. The van der Waals surface area contributed by atoms with Crippen LogP contribution >= 0.6 is 0 Å². The van der Waals surface area contributed by atoms with E-state index >= 15 is 0 Å². The van der Waals surface area contributed by atoms with E-state index in [2.05, 4.69) is 6.92 Å². The Kier molecular flexibility index (Phi) is 11.7. The molecule has 0 aliphatic heterocycles. The molecule has 1 unspecified atom stereocenters. The molecule has 0 heterocycles. The highest BCUT2D eigenvalue weighted by molar-refractivity contribution is 5.79. The summed E-state index contributed by atoms with van der Waals surface area (Å²) in [7, 11) is 0. The molecule has 26 heavy (non-hydrogen) atoms. The molecule has 154 valence electrons. The first-order valence-electron chi connectivity index (χ1n) is 9.72. The zero-order chi connectivity index (χ0) is 20.2. The van der Waals surface area contributed by atoms with Crippen molar-refractivity contribution in [3.05, 3.63) is 0 Å². The zero-order valence-corrected chi connectivity index (χ0v) is 17.7. The van der Waals surface area contributed by atoms with Crippen molar-refractivity contribution in [3.63, 3.8) is 0 Å². The van der Waals surface area contributed by atoms with Crippen LogP contribution < -0.4 is 0 Å². The van der Waals surface area contributed by atoms with Crippen molar-refractivity contribution in [3.8, 4) is 0 Å². The van der Waals surface area contributed by atoms with Crippen molar-refractivity contribution in [2.75, 3.05) is 0 Å². The van der Waals surface area contributed by atoms with Gasteiger partial charge in [0.2, 0.25) is 0 Å². The van der Waals surface area contributed by atoms with E-state index in [9.17, 15) is 9.59 Å². The van der Waals surface area contributed by atoms with Crippen LogP contribution in [0.25, 0.3) is 0 Å². The van der Waals surface area contributed by atoms with E-state index in [1.54, 1.807) is 41.5 Å². The zero-order valence-electron chi connectivity index (χ0n) is 17.7. The molecular weight excluding hydrogens is 336 g/mol. The Morgan fingerprint density at radius 3 is 1.81 bits per heavy atom. The minimum atomic E-state index is -0.601. The Labute approximate surface area is 158 Å². The van der Waals surface area contributed by atoms with Gasteiger partial charge in [-0.15, -0.1) is 0 Å². The molecule has 0 aromatic carbocycles. The molecular formula is C20H38O6. The molecule has 0 aromatic heterocycles. The molecule has 0 spiro atoms. The monoisotopic (exact) mass is 374 g/mol. The molecule has 0 aliphatic carbocycles. The minimum Gasteiger partial charge on any atom is -0.298 e. The topological polar surface area (TPSA) is 71.1 Å². The lowest BCUT2D eigenvalue weighted by Gasteiger charge is -2.20. The number of hydrogen-bond acceptors (Lipinski definition) is 6. The van der Waals surface area contributed by atoms with Crippen molar-refractivity contribution in [1.82, 2.24) is 0 Å². The lowest BCUT2D eigenvalue weighted by atomic mass is 9.97. The fourth-order valence-electron chi connectivity index (χ4n) is 2.12. The summed E-state index contributed by atoms with van der Waals surface area (Å²) in [6, 6.07) is 0. The average molecular weight is 375 g/mol. The highest BCUT2D eigenvalue weighted by Crippen LogP contribution is 2.20. The van der Waals surface area contributed by atoms with Gasteiger partial charge in [-0.25, -0.2) is 9.59 Å². The van der Waals surface area contributed by atoms with Crippen LogP contribution in [0.1, 0.15) is 99.8 Å². The Morgan fingerprint density at radius 2 is 1.27 bits per heavy atom. The SMILES string of the molecule is CCCCCCCCC(CC(=O)OOC(C)(C)C)C(=O)OOC(C)(C)C. The Morgan fingerprint density at radius 1 is 0.769 bits per heavy atom. The van der Waals surface area contributed by atoms with E-state index in [0.717, 1.165) is 19.3 Å². The third kappa shape index (κ3) is 15.1. The predicted molar refractivity (Wildman–Crippen MR) is 100.0 cm³/mol. The van der Waals surface area contributed by atoms with Crippen LogP contribution in [-0.4, -0.2) is 23.1 Å². The minimum absolute atomic E-state index is 0.0859. The van der Waals surface area contributed by atoms with Gasteiger partial charge in [0.05, 0.1) is 12.3 Å². The maximum Gasteiger partial charge on any atom is 0.346 e. The van der Waals surface area contributed by atoms with Gasteiger partial charge in [0.1, 0.15) is 11.2 Å². The highest BCUT2D eigenvalue weighted by Gasteiger charge is 2.28. The van der Waals surface area contributed by atoms with E-state index in [1.807, 2.05) is 0 Å². The Balaban J connectivity index is 4.51. The highest BCUT2D eigenvalue weighted by atomic mass is 17.2. The van der Waals surface area contributed by atoms with Gasteiger partial charge >= 0.3 is 11.9 Å². The van der Waals surface area contributed by atoms with Crippen LogP contribution in [0.15, 0.2) is 0 Å². The second-order valence-electron chi connectivity index (χ2n) is 8.71. The summed E-state index contributed by atoms with van der Waals surface area (Å²) in [6.45, 7) is 12.9. The summed E-state index contributed by atoms with van der Waals surface area (Å²) < 4.78 is 0. The summed E-state index contributed by atoms with van der Waals surface area (Å²) in [4.78, 5) is 44.1. The maximum absolute atomic E-state index is 12.3. The van der Waals surface area contributed by atoms with E-state index in [-0.39, 0.29) is 6.42 Å². The molecule has 0 radical (unpaired) electrons. The van der Waals surface area contributed by atoms with Crippen LogP contribution in [0.3, 0.4) is 0 Å². The number of hydrogen-bond donors (Lipinski definition) is 0. The molecule has 0 aromatic rings. The summed E-state index contributed by atoms with van der Waals surface area (Å²) in [6.07, 6.45) is 7.09. The molecule has 0 saturated heterocycles. The largest absolute Gasteiger partial charge is 0.346 e. The number of rotatable bonds is 12. The van der Waals surface area contributed by atoms with Gasteiger partial charge in [-0.1, -0.05) is 45.4 Å². The standard InChI is InChI=1S/C20H38O6/c1-8-9-10-11-12-13-14-16(18(22)24-26-20(5,6)7)15-17(21)23-25-19(2,3)4/h16H,8-15H2,1-7H3. The lowest BCUT2D eigenvalue weighted by Crippen LogP contribution is -2.28. The summed E-state index contributed by atoms with van der Waals surface area (Å²) in [5, 5.41) is 0. The van der Waals surface area contributed by atoms with Crippen molar-refractivity contribution < 1.29 is 29.1 Å². The quantitative estimate of drug-likeness (QED) is 0.262. The molecule has 1 atom stereocenters. The maximum atomic E-state index is 12.3. The molecule has 0 amide bonds. The summed E-state index contributed by atoms with van der Waals surface area (Å²) in [5.74, 6) is -1.72. The van der Waals surface area contributed by atoms with E-state index in [1.165, 1.54) is 19.3 Å². The summed E-state index contributed by atoms with van der Waals surface area (Å²) in [5.41, 5.74) is -1.20. The van der Waals surface area contributed by atoms with Gasteiger partial charge in [0.25, 0.3) is 0 Å². The van der Waals surface area contributed by atoms with Crippen molar-refractivity contribution in [2.45, 2.75) is 111 Å². The molecule has 0 bridgehead atoms. The predicted octanol–water partition coefficient (Wildman–Crippen LogP) is 5.29. The van der Waals surface area contributed by atoms with E-state index in [4.69, 9.17) is 19.6 Å². The number of carbonyl (C=O) groups excluding carboxylic acids is 2. The van der Waals surface area contributed by atoms with Crippen LogP contribution in [0.2, 0.25) is 0 Å². The Bertz CT molecular complexity index is 406. The van der Waals surface area contributed by atoms with Crippen LogP contribution in [0.4, 0.5) is 0 Å². The molecule has 6 heteroatoms. The van der Waals surface area contributed by atoms with Gasteiger partial charge in [-0.2, -0.15) is 9.78 Å². The molecule has 6 nitrogen and oxygen atoms in total. The fourth-order valence-corrected chi connectivity index (χ4v) is 2.12. The van der Waals surface area contributed by atoms with Crippen molar-refractivity contribution >= 4 is 11.9 Å². The molecule has 0 N–H and O–H groups in total. The second kappa shape index (κ2) is 12.3. The van der Waals surface area contributed by atoms with Crippen LogP contribution in [0.5, 0.6) is 0 Å². The first-order chi connectivity index (χ1) is 11.9. The van der Waals surface area contributed by atoms with E-state index in [0.29, 0.717) is 6.42 Å². The van der Waals surface area contributed by atoms with Gasteiger partial charge in [0, 0.05) is 0 Å². The third-order valence-electron chi connectivity index (χ3n) is 3.41. The van der Waals surface area contributed by atoms with Gasteiger partial charge in [-0.05, 0) is 48.0 Å². The van der Waals surface area contributed by atoms with Crippen LogP contribution in [-0.2, 0) is 29.1 Å². The summed E-state index contributed by atoms with van der Waals surface area (Å²) >= 11 is 0. The van der Waals surface area contributed by atoms with Gasteiger partial charge < -0.3 is 0 Å². The normalized spacial score (nSPS) is 13.3. The van der Waals surface area contributed by atoms with E-state index < -0.39 is 29.1 Å². The van der Waals surface area contributed by atoms with Crippen LogP contribution in [0, 0.1) is 5.92 Å².